The van der Waals surface area contributed by atoms with Crippen LogP contribution in [0.1, 0.15) is 22.8 Å². The van der Waals surface area contributed by atoms with Crippen molar-refractivity contribution in [2.24, 2.45) is 0 Å². The van der Waals surface area contributed by atoms with Crippen LogP contribution in [0.2, 0.25) is 5.02 Å². The summed E-state index contributed by atoms with van der Waals surface area (Å²) in [5.41, 5.74) is 0.818. The van der Waals surface area contributed by atoms with Crippen molar-refractivity contribution in [2.75, 3.05) is 6.61 Å². The van der Waals surface area contributed by atoms with Gasteiger partial charge >= 0.3 is 5.97 Å². The normalized spacial score (nSPS) is 10.1. The maximum Gasteiger partial charge on any atom is 0.337 e. The Balaban J connectivity index is 3.38. The molecule has 0 bridgehead atoms. The van der Waals surface area contributed by atoms with Gasteiger partial charge in [-0.15, -0.1) is 0 Å². The second-order valence-corrected chi connectivity index (χ2v) is 4.37. The lowest BCUT2D eigenvalue weighted by atomic mass is 10.1. The van der Waals surface area contributed by atoms with Crippen LogP contribution in [-0.4, -0.2) is 17.7 Å². The van der Waals surface area contributed by atoms with Gasteiger partial charge in [-0.25, -0.2) is 4.79 Å². The summed E-state index contributed by atoms with van der Waals surface area (Å²) in [5, 5.41) is 9.20. The maximum absolute atomic E-state index is 10.9. The molecule has 3 nitrogen and oxygen atoms in total. The number of carbonyl (C=O) groups is 1. The van der Waals surface area contributed by atoms with Gasteiger partial charge in [0.15, 0.2) is 0 Å². The zero-order valence-electron chi connectivity index (χ0n) is 8.30. The predicted octanol–water partition coefficient (Wildman–Crippen LogP) is 3.35. The van der Waals surface area contributed by atoms with Crippen molar-refractivity contribution in [3.05, 3.63) is 25.8 Å². The third kappa shape index (κ3) is 2.55. The van der Waals surface area contributed by atoms with Crippen LogP contribution in [-0.2, 0) is 0 Å². The first-order valence-electron chi connectivity index (χ1n) is 4.33. The summed E-state index contributed by atoms with van der Waals surface area (Å²) >= 11 is 8.02. The molecule has 1 rings (SSSR count). The van der Waals surface area contributed by atoms with Gasteiger partial charge in [-0.1, -0.05) is 11.6 Å². The van der Waals surface area contributed by atoms with Gasteiger partial charge in [0.25, 0.3) is 0 Å². The number of rotatable bonds is 3. The molecule has 0 aromatic heterocycles. The Labute approximate surface area is 107 Å². The molecule has 0 saturated carbocycles. The van der Waals surface area contributed by atoms with Gasteiger partial charge < -0.3 is 9.84 Å². The maximum atomic E-state index is 10.9. The fourth-order valence-corrected chi connectivity index (χ4v) is 2.13. The summed E-state index contributed by atoms with van der Waals surface area (Å²) in [6.45, 7) is 4.12. The minimum atomic E-state index is -1.04. The fourth-order valence-electron chi connectivity index (χ4n) is 1.16. The summed E-state index contributed by atoms with van der Waals surface area (Å²) in [4.78, 5) is 10.9. The second-order valence-electron chi connectivity index (χ2n) is 2.91. The van der Waals surface area contributed by atoms with E-state index in [1.165, 1.54) is 6.07 Å². The SMILES string of the molecule is CCOc1cc(C(=O)O)c(Cl)c(C)c1I. The first kappa shape index (κ1) is 12.6. The average molecular weight is 341 g/mol. The van der Waals surface area contributed by atoms with Crippen molar-refractivity contribution in [1.82, 2.24) is 0 Å². The van der Waals surface area contributed by atoms with Crippen LogP contribution in [0.15, 0.2) is 6.07 Å². The van der Waals surface area contributed by atoms with E-state index in [0.29, 0.717) is 12.4 Å². The Hall–Kier alpha value is -0.490. The lowest BCUT2D eigenvalue weighted by molar-refractivity contribution is 0.0696. The van der Waals surface area contributed by atoms with E-state index >= 15 is 0 Å². The van der Waals surface area contributed by atoms with E-state index in [0.717, 1.165) is 9.13 Å². The first-order valence-corrected chi connectivity index (χ1v) is 5.79. The molecule has 0 heterocycles. The van der Waals surface area contributed by atoms with E-state index in [-0.39, 0.29) is 10.6 Å². The number of halogens is 2. The van der Waals surface area contributed by atoms with Crippen LogP contribution in [0, 0.1) is 10.5 Å². The van der Waals surface area contributed by atoms with Crippen molar-refractivity contribution in [1.29, 1.82) is 0 Å². The molecule has 0 aliphatic carbocycles. The van der Waals surface area contributed by atoms with E-state index in [4.69, 9.17) is 21.4 Å². The molecule has 0 unspecified atom stereocenters. The lowest BCUT2D eigenvalue weighted by Crippen LogP contribution is -2.03. The zero-order valence-corrected chi connectivity index (χ0v) is 11.2. The molecule has 0 atom stereocenters. The molecule has 82 valence electrons. The molecule has 0 radical (unpaired) electrons. The van der Waals surface area contributed by atoms with Crippen molar-refractivity contribution in [2.45, 2.75) is 13.8 Å². The smallest absolute Gasteiger partial charge is 0.337 e. The molecule has 0 aliphatic heterocycles. The molecule has 1 aromatic rings. The van der Waals surface area contributed by atoms with Crippen LogP contribution in [0.4, 0.5) is 0 Å². The minimum Gasteiger partial charge on any atom is -0.493 e. The molecule has 0 amide bonds. The highest BCUT2D eigenvalue weighted by Gasteiger charge is 2.17. The van der Waals surface area contributed by atoms with Gasteiger partial charge in [0.2, 0.25) is 0 Å². The van der Waals surface area contributed by atoms with Gasteiger partial charge in [0, 0.05) is 0 Å². The van der Waals surface area contributed by atoms with Crippen molar-refractivity contribution >= 4 is 40.2 Å². The highest BCUT2D eigenvalue weighted by atomic mass is 127. The average Bonchev–Trinajstić information content (AvgIpc) is 2.18. The highest BCUT2D eigenvalue weighted by Crippen LogP contribution is 2.33. The molecule has 0 saturated heterocycles. The van der Waals surface area contributed by atoms with Gasteiger partial charge in [-0.2, -0.15) is 0 Å². The Bertz CT molecular complexity index is 404. The van der Waals surface area contributed by atoms with Crippen LogP contribution in [0.5, 0.6) is 5.75 Å². The third-order valence-corrected chi connectivity index (χ3v) is 3.74. The van der Waals surface area contributed by atoms with E-state index in [2.05, 4.69) is 22.6 Å². The van der Waals surface area contributed by atoms with E-state index in [9.17, 15) is 4.79 Å². The van der Waals surface area contributed by atoms with Crippen LogP contribution in [0.3, 0.4) is 0 Å². The fraction of sp³-hybridized carbons (Fsp3) is 0.300. The van der Waals surface area contributed by atoms with E-state index < -0.39 is 5.97 Å². The van der Waals surface area contributed by atoms with Crippen molar-refractivity contribution in [3.63, 3.8) is 0 Å². The Morgan fingerprint density at radius 2 is 2.27 bits per heavy atom. The van der Waals surface area contributed by atoms with Crippen LogP contribution < -0.4 is 4.74 Å². The van der Waals surface area contributed by atoms with Crippen molar-refractivity contribution < 1.29 is 14.6 Å². The number of hydrogen-bond donors (Lipinski definition) is 1. The van der Waals surface area contributed by atoms with Gasteiger partial charge in [-0.3, -0.25) is 0 Å². The topological polar surface area (TPSA) is 46.5 Å². The van der Waals surface area contributed by atoms with Gasteiger partial charge in [0.1, 0.15) is 5.75 Å². The number of hydrogen-bond acceptors (Lipinski definition) is 2. The molecular weight excluding hydrogens is 330 g/mol. The van der Waals surface area contributed by atoms with E-state index in [1.54, 1.807) is 6.92 Å². The molecular formula is C10H10ClIO3. The highest BCUT2D eigenvalue weighted by molar-refractivity contribution is 14.1. The monoisotopic (exact) mass is 340 g/mol. The van der Waals surface area contributed by atoms with Crippen LogP contribution >= 0.6 is 34.2 Å². The summed E-state index contributed by atoms with van der Waals surface area (Å²) < 4.78 is 6.19. The standard InChI is InChI=1S/C10H10ClIO3/c1-3-15-7-4-6(10(13)14)8(11)5(2)9(7)12/h4H,3H2,1-2H3,(H,13,14). The van der Waals surface area contributed by atoms with Crippen molar-refractivity contribution in [3.8, 4) is 5.75 Å². The number of ether oxygens (including phenoxy) is 1. The summed E-state index contributed by atoms with van der Waals surface area (Å²) in [6, 6.07) is 1.46. The number of carboxylic acids is 1. The Morgan fingerprint density at radius 3 is 2.73 bits per heavy atom. The van der Waals surface area contributed by atoms with Gasteiger partial charge in [0.05, 0.1) is 20.8 Å². The molecule has 0 aliphatic rings. The summed E-state index contributed by atoms with van der Waals surface area (Å²) in [6.07, 6.45) is 0. The molecule has 5 heteroatoms. The van der Waals surface area contributed by atoms with E-state index in [1.807, 2.05) is 6.92 Å². The molecule has 0 fully saturated rings. The Morgan fingerprint density at radius 1 is 1.67 bits per heavy atom. The molecule has 0 spiro atoms. The molecule has 15 heavy (non-hydrogen) atoms. The quantitative estimate of drug-likeness (QED) is 0.858. The second kappa shape index (κ2) is 5.03. The zero-order chi connectivity index (χ0) is 11.6. The number of carboxylic acid groups (broad SMARTS) is 1. The Kier molecular flexibility index (Phi) is 4.21. The molecule has 1 aromatic carbocycles. The first-order chi connectivity index (χ1) is 6.99. The van der Waals surface area contributed by atoms with Gasteiger partial charge in [-0.05, 0) is 48.1 Å². The lowest BCUT2D eigenvalue weighted by Gasteiger charge is -2.11. The van der Waals surface area contributed by atoms with Crippen LogP contribution in [0.25, 0.3) is 0 Å². The third-order valence-electron chi connectivity index (χ3n) is 1.92. The summed E-state index contributed by atoms with van der Waals surface area (Å²) in [5.74, 6) is -0.474. The minimum absolute atomic E-state index is 0.0815. The summed E-state index contributed by atoms with van der Waals surface area (Å²) in [7, 11) is 0. The number of benzene rings is 1. The largest absolute Gasteiger partial charge is 0.493 e. The molecule has 1 N–H and O–H groups in total. The predicted molar refractivity (Wildman–Crippen MR) is 67.0 cm³/mol. The number of aromatic carboxylic acids is 1.